The van der Waals surface area contributed by atoms with Gasteiger partial charge in [0.15, 0.2) is 0 Å². The third kappa shape index (κ3) is 2.59. The van der Waals surface area contributed by atoms with Crippen LogP contribution in [0.25, 0.3) is 0 Å². The van der Waals surface area contributed by atoms with Crippen LogP contribution in [0.3, 0.4) is 0 Å². The van der Waals surface area contributed by atoms with Crippen LogP contribution >= 0.6 is 15.9 Å². The van der Waals surface area contributed by atoms with E-state index in [1.54, 1.807) is 4.68 Å². The first kappa shape index (κ1) is 15.0. The normalized spacial score (nSPS) is 18.8. The Balaban J connectivity index is 2.20. The van der Waals surface area contributed by atoms with Gasteiger partial charge in [-0.2, -0.15) is 5.10 Å². The van der Waals surface area contributed by atoms with Crippen LogP contribution in [0.2, 0.25) is 0 Å². The lowest BCUT2D eigenvalue weighted by molar-refractivity contribution is -0.128. The largest absolute Gasteiger partial charge is 0.326 e. The van der Waals surface area contributed by atoms with Gasteiger partial charge in [-0.1, -0.05) is 20.3 Å². The van der Waals surface area contributed by atoms with Crippen LogP contribution in [0.5, 0.6) is 0 Å². The molecule has 1 aliphatic rings. The fourth-order valence-corrected chi connectivity index (χ4v) is 3.09. The summed E-state index contributed by atoms with van der Waals surface area (Å²) in [6.07, 6.45) is 2.33. The lowest BCUT2D eigenvalue weighted by Crippen LogP contribution is -2.31. The minimum Gasteiger partial charge on any atom is -0.326 e. The highest BCUT2D eigenvalue weighted by atomic mass is 79.9. The summed E-state index contributed by atoms with van der Waals surface area (Å²) in [5.74, 6) is -0.150. The number of rotatable bonds is 5. The summed E-state index contributed by atoms with van der Waals surface area (Å²) in [6.45, 7) is 4.25. The van der Waals surface area contributed by atoms with Crippen LogP contribution in [0, 0.1) is 0 Å². The third-order valence-electron chi connectivity index (χ3n) is 3.50. The van der Waals surface area contributed by atoms with Gasteiger partial charge in [0.2, 0.25) is 0 Å². The molecule has 1 saturated heterocycles. The SMILES string of the molecule is CCCC1NC(=O)N(Cc2c(Br)c(CC)nn2C)C1=O. The molecule has 1 unspecified atom stereocenters. The number of carbonyl (C=O) groups is 2. The van der Waals surface area contributed by atoms with E-state index < -0.39 is 0 Å². The maximum Gasteiger partial charge on any atom is 0.325 e. The Morgan fingerprint density at radius 2 is 2.05 bits per heavy atom. The molecule has 0 aromatic carbocycles. The molecule has 0 radical (unpaired) electrons. The number of hydrogen-bond donors (Lipinski definition) is 1. The molecule has 1 atom stereocenters. The van der Waals surface area contributed by atoms with Gasteiger partial charge >= 0.3 is 6.03 Å². The Hall–Kier alpha value is -1.37. The van der Waals surface area contributed by atoms with Gasteiger partial charge in [-0.05, 0) is 28.8 Å². The van der Waals surface area contributed by atoms with Crippen LogP contribution < -0.4 is 5.32 Å². The summed E-state index contributed by atoms with van der Waals surface area (Å²) >= 11 is 3.50. The van der Waals surface area contributed by atoms with Gasteiger partial charge in [-0.15, -0.1) is 0 Å². The van der Waals surface area contributed by atoms with Crippen molar-refractivity contribution in [1.29, 1.82) is 0 Å². The lowest BCUT2D eigenvalue weighted by atomic mass is 10.1. The molecule has 6 nitrogen and oxygen atoms in total. The van der Waals surface area contributed by atoms with E-state index in [1.807, 2.05) is 20.9 Å². The van der Waals surface area contributed by atoms with Crippen molar-refractivity contribution in [2.24, 2.45) is 7.05 Å². The number of halogens is 1. The van der Waals surface area contributed by atoms with Gasteiger partial charge in [0, 0.05) is 7.05 Å². The Morgan fingerprint density at radius 1 is 1.35 bits per heavy atom. The fraction of sp³-hybridized carbons (Fsp3) is 0.615. The average molecular weight is 343 g/mol. The number of urea groups is 1. The highest BCUT2D eigenvalue weighted by Gasteiger charge is 2.38. The van der Waals surface area contributed by atoms with Crippen molar-refractivity contribution >= 4 is 27.9 Å². The summed E-state index contributed by atoms with van der Waals surface area (Å²) < 4.78 is 2.60. The first-order valence-electron chi connectivity index (χ1n) is 6.81. The molecule has 110 valence electrons. The second-order valence-electron chi connectivity index (χ2n) is 4.90. The number of aryl methyl sites for hydroxylation is 2. The predicted molar refractivity (Wildman–Crippen MR) is 78.1 cm³/mol. The minimum atomic E-state index is -0.384. The van der Waals surface area contributed by atoms with Crippen LogP contribution in [0.15, 0.2) is 4.47 Å². The lowest BCUT2D eigenvalue weighted by Gasteiger charge is -2.13. The molecule has 1 aliphatic heterocycles. The van der Waals surface area contributed by atoms with Crippen LogP contribution in [0.4, 0.5) is 4.79 Å². The fourth-order valence-electron chi connectivity index (χ4n) is 2.35. The molecule has 20 heavy (non-hydrogen) atoms. The molecule has 0 saturated carbocycles. The van der Waals surface area contributed by atoms with E-state index in [2.05, 4.69) is 26.3 Å². The Labute approximate surface area is 126 Å². The van der Waals surface area contributed by atoms with E-state index in [1.165, 1.54) is 4.90 Å². The molecule has 7 heteroatoms. The number of amides is 3. The smallest absolute Gasteiger partial charge is 0.325 e. The number of hydrogen-bond acceptors (Lipinski definition) is 3. The highest BCUT2D eigenvalue weighted by Crippen LogP contribution is 2.24. The number of imide groups is 1. The molecule has 1 fully saturated rings. The number of aromatic nitrogens is 2. The van der Waals surface area contributed by atoms with Gasteiger partial charge < -0.3 is 5.32 Å². The highest BCUT2D eigenvalue weighted by molar-refractivity contribution is 9.10. The van der Waals surface area contributed by atoms with E-state index in [0.29, 0.717) is 6.42 Å². The summed E-state index contributed by atoms with van der Waals surface area (Å²) in [4.78, 5) is 25.4. The van der Waals surface area contributed by atoms with Crippen molar-refractivity contribution in [3.05, 3.63) is 15.9 Å². The number of nitrogens with one attached hydrogen (secondary N) is 1. The van der Waals surface area contributed by atoms with E-state index in [9.17, 15) is 9.59 Å². The van der Waals surface area contributed by atoms with Crippen LogP contribution in [-0.2, 0) is 24.8 Å². The summed E-state index contributed by atoms with van der Waals surface area (Å²) in [5.41, 5.74) is 1.77. The molecule has 0 bridgehead atoms. The minimum absolute atomic E-state index is 0.150. The van der Waals surface area contributed by atoms with E-state index in [0.717, 1.165) is 28.7 Å². The monoisotopic (exact) mass is 342 g/mol. The number of carbonyl (C=O) groups excluding carboxylic acids is 2. The van der Waals surface area contributed by atoms with E-state index in [4.69, 9.17) is 0 Å². The van der Waals surface area contributed by atoms with E-state index in [-0.39, 0.29) is 24.5 Å². The zero-order valence-corrected chi connectivity index (χ0v) is 13.5. The molecule has 3 amide bonds. The molecule has 2 heterocycles. The van der Waals surface area contributed by atoms with Gasteiger partial charge in [-0.3, -0.25) is 14.4 Å². The van der Waals surface area contributed by atoms with Crippen molar-refractivity contribution < 1.29 is 9.59 Å². The molecule has 1 N–H and O–H groups in total. The topological polar surface area (TPSA) is 67.2 Å². The maximum atomic E-state index is 12.2. The quantitative estimate of drug-likeness (QED) is 0.831. The van der Waals surface area contributed by atoms with Gasteiger partial charge in [0.1, 0.15) is 6.04 Å². The van der Waals surface area contributed by atoms with E-state index >= 15 is 0 Å². The maximum absolute atomic E-state index is 12.2. The molecular weight excluding hydrogens is 324 g/mol. The van der Waals surface area contributed by atoms with Crippen molar-refractivity contribution in [1.82, 2.24) is 20.0 Å². The Bertz CT molecular complexity index is 541. The van der Waals surface area contributed by atoms with Crippen molar-refractivity contribution in [2.75, 3.05) is 0 Å². The molecular formula is C13H19BrN4O2. The second-order valence-corrected chi connectivity index (χ2v) is 5.69. The molecule has 0 spiro atoms. The van der Waals surface area contributed by atoms with Crippen molar-refractivity contribution in [3.63, 3.8) is 0 Å². The molecule has 2 rings (SSSR count). The summed E-state index contributed by atoms with van der Waals surface area (Å²) in [5, 5.41) is 7.10. The Morgan fingerprint density at radius 3 is 2.60 bits per heavy atom. The third-order valence-corrected chi connectivity index (χ3v) is 4.41. The van der Waals surface area contributed by atoms with Crippen molar-refractivity contribution in [2.45, 2.75) is 45.7 Å². The zero-order chi connectivity index (χ0) is 14.9. The van der Waals surface area contributed by atoms with Crippen LogP contribution in [0.1, 0.15) is 38.1 Å². The summed E-state index contributed by atoms with van der Waals surface area (Å²) in [7, 11) is 1.82. The van der Waals surface area contributed by atoms with Gasteiger partial charge in [0.05, 0.1) is 22.4 Å². The number of nitrogens with zero attached hydrogens (tertiary/aromatic N) is 3. The Kier molecular flexibility index (Phi) is 4.47. The average Bonchev–Trinajstić information content (AvgIpc) is 2.83. The predicted octanol–water partition coefficient (Wildman–Crippen LogP) is 1.97. The second kappa shape index (κ2) is 5.95. The molecule has 1 aromatic rings. The standard InChI is InChI=1S/C13H19BrN4O2/c1-4-6-9-12(19)18(13(20)15-9)7-10-11(14)8(5-2)16-17(10)3/h9H,4-7H2,1-3H3,(H,15,20). The first-order chi connectivity index (χ1) is 9.49. The molecule has 0 aliphatic carbocycles. The first-order valence-corrected chi connectivity index (χ1v) is 7.61. The van der Waals surface area contributed by atoms with Crippen LogP contribution in [-0.4, -0.2) is 32.7 Å². The van der Waals surface area contributed by atoms with Gasteiger partial charge in [0.25, 0.3) is 5.91 Å². The zero-order valence-electron chi connectivity index (χ0n) is 11.9. The summed E-state index contributed by atoms with van der Waals surface area (Å²) in [6, 6.07) is -0.704. The molecule has 1 aromatic heterocycles. The van der Waals surface area contributed by atoms with Crippen molar-refractivity contribution in [3.8, 4) is 0 Å². The van der Waals surface area contributed by atoms with Gasteiger partial charge in [-0.25, -0.2) is 4.79 Å².